The lowest BCUT2D eigenvalue weighted by Crippen LogP contribution is -2.59. The van der Waals surface area contributed by atoms with Crippen molar-refractivity contribution in [3.05, 3.63) is 11.5 Å². The van der Waals surface area contributed by atoms with E-state index in [2.05, 4.69) is 15.2 Å². The molecule has 9 heteroatoms. The van der Waals surface area contributed by atoms with E-state index >= 15 is 0 Å². The minimum absolute atomic E-state index is 0.0539. The van der Waals surface area contributed by atoms with Crippen molar-refractivity contribution in [2.75, 3.05) is 13.1 Å². The molecule has 1 aliphatic carbocycles. The van der Waals surface area contributed by atoms with Crippen molar-refractivity contribution in [2.24, 2.45) is 0 Å². The van der Waals surface area contributed by atoms with Gasteiger partial charge in [0.05, 0.1) is 0 Å². The molecule has 3 aliphatic rings. The van der Waals surface area contributed by atoms with Gasteiger partial charge in [-0.2, -0.15) is 4.72 Å². The molecular weight excluding hydrogens is 368 g/mol. The number of amides is 1. The van der Waals surface area contributed by atoms with Gasteiger partial charge in [-0.1, -0.05) is 18.0 Å². The maximum absolute atomic E-state index is 13.5. The Morgan fingerprint density at radius 2 is 1.93 bits per heavy atom. The van der Waals surface area contributed by atoms with Crippen LogP contribution in [-0.2, 0) is 14.8 Å². The Morgan fingerprint density at radius 3 is 2.59 bits per heavy atom. The van der Waals surface area contributed by atoms with Gasteiger partial charge < -0.3 is 14.7 Å². The molecule has 3 heterocycles. The van der Waals surface area contributed by atoms with Gasteiger partial charge in [0.25, 0.3) is 0 Å². The number of nitrogens with one attached hydrogen (secondary N) is 2. The van der Waals surface area contributed by atoms with Gasteiger partial charge in [-0.05, 0) is 46.0 Å². The number of aromatic nitrogens is 1. The number of likely N-dealkylation sites (tertiary alicyclic amines) is 1. The molecule has 2 aliphatic heterocycles. The van der Waals surface area contributed by atoms with Crippen LogP contribution in [0.1, 0.15) is 56.4 Å². The molecule has 1 aromatic heterocycles. The molecule has 2 bridgehead atoms. The van der Waals surface area contributed by atoms with Crippen LogP contribution in [0.3, 0.4) is 0 Å². The Kier molecular flexibility index (Phi) is 4.80. The Hall–Kier alpha value is -1.45. The minimum atomic E-state index is -3.89. The molecule has 4 rings (SSSR count). The lowest BCUT2D eigenvalue weighted by molar-refractivity contribution is -0.137. The molecule has 27 heavy (non-hydrogen) atoms. The zero-order valence-electron chi connectivity index (χ0n) is 16.0. The average Bonchev–Trinajstić information content (AvgIpc) is 3.27. The first-order chi connectivity index (χ1) is 12.8. The van der Waals surface area contributed by atoms with Crippen LogP contribution in [0, 0.1) is 13.8 Å². The highest BCUT2D eigenvalue weighted by atomic mass is 32.2. The molecule has 2 unspecified atom stereocenters. The summed E-state index contributed by atoms with van der Waals surface area (Å²) in [4.78, 5) is 15.4. The molecule has 1 amide bonds. The fourth-order valence-corrected chi connectivity index (χ4v) is 6.68. The first-order valence-electron chi connectivity index (χ1n) is 9.83. The summed E-state index contributed by atoms with van der Waals surface area (Å²) in [5.41, 5.74) is -0.740. The van der Waals surface area contributed by atoms with Crippen LogP contribution in [0.4, 0.5) is 0 Å². The largest absolute Gasteiger partial charge is 0.360 e. The van der Waals surface area contributed by atoms with Crippen LogP contribution < -0.4 is 10.0 Å². The standard InChI is InChI=1S/C18H28N4O4S/c1-12-16(13(2)26-20-12)27(24,25)21-18(8-3-4-9-18)17(23)22-10-7-14-5-6-15(11-22)19-14/h14-15,19,21H,3-11H2,1-2H3. The van der Waals surface area contributed by atoms with Crippen LogP contribution in [0.2, 0.25) is 0 Å². The number of hydrogen-bond donors (Lipinski definition) is 2. The number of fused-ring (bicyclic) bond motifs is 2. The summed E-state index contributed by atoms with van der Waals surface area (Å²) in [6.45, 7) is 4.52. The van der Waals surface area contributed by atoms with Crippen molar-refractivity contribution in [3.63, 3.8) is 0 Å². The van der Waals surface area contributed by atoms with Crippen molar-refractivity contribution >= 4 is 15.9 Å². The summed E-state index contributed by atoms with van der Waals surface area (Å²) < 4.78 is 34.0. The van der Waals surface area contributed by atoms with E-state index < -0.39 is 15.6 Å². The van der Waals surface area contributed by atoms with Crippen LogP contribution in [-0.4, -0.2) is 55.1 Å². The van der Waals surface area contributed by atoms with Gasteiger partial charge in [-0.15, -0.1) is 0 Å². The topological polar surface area (TPSA) is 105 Å². The Morgan fingerprint density at radius 1 is 1.22 bits per heavy atom. The van der Waals surface area contributed by atoms with Crippen LogP contribution >= 0.6 is 0 Å². The van der Waals surface area contributed by atoms with Gasteiger partial charge in [0.1, 0.15) is 16.1 Å². The van der Waals surface area contributed by atoms with E-state index in [9.17, 15) is 13.2 Å². The number of aryl methyl sites for hydroxylation is 2. The third kappa shape index (κ3) is 3.40. The first kappa shape index (κ1) is 18.9. The average molecular weight is 397 g/mol. The number of nitrogens with zero attached hydrogens (tertiary/aromatic N) is 2. The van der Waals surface area contributed by atoms with Crippen molar-refractivity contribution in [3.8, 4) is 0 Å². The molecule has 8 nitrogen and oxygen atoms in total. The zero-order valence-corrected chi connectivity index (χ0v) is 16.8. The minimum Gasteiger partial charge on any atom is -0.360 e. The number of carbonyl (C=O) groups is 1. The summed E-state index contributed by atoms with van der Waals surface area (Å²) in [5.74, 6) is 0.168. The maximum Gasteiger partial charge on any atom is 0.246 e. The monoisotopic (exact) mass is 396 g/mol. The van der Waals surface area contributed by atoms with E-state index in [0.717, 1.165) is 32.1 Å². The van der Waals surface area contributed by atoms with Gasteiger partial charge >= 0.3 is 0 Å². The summed E-state index contributed by atoms with van der Waals surface area (Å²) in [7, 11) is -3.89. The fraction of sp³-hybridized carbons (Fsp3) is 0.778. The molecule has 150 valence electrons. The van der Waals surface area contributed by atoms with Gasteiger partial charge in [-0.25, -0.2) is 8.42 Å². The van der Waals surface area contributed by atoms with Gasteiger partial charge in [0.15, 0.2) is 5.76 Å². The molecule has 1 aromatic rings. The molecule has 2 atom stereocenters. The molecule has 0 aromatic carbocycles. The lowest BCUT2D eigenvalue weighted by Gasteiger charge is -2.35. The lowest BCUT2D eigenvalue weighted by atomic mass is 9.96. The Labute approximate surface area is 160 Å². The van der Waals surface area contributed by atoms with E-state index in [1.807, 2.05) is 4.90 Å². The first-order valence-corrected chi connectivity index (χ1v) is 11.3. The van der Waals surface area contributed by atoms with Gasteiger partial charge in [0, 0.05) is 25.2 Å². The molecular formula is C18H28N4O4S. The summed E-state index contributed by atoms with van der Waals surface area (Å²) >= 11 is 0. The van der Waals surface area contributed by atoms with Crippen LogP contribution in [0.15, 0.2) is 9.42 Å². The van der Waals surface area contributed by atoms with E-state index in [0.29, 0.717) is 43.7 Å². The molecule has 2 N–H and O–H groups in total. The van der Waals surface area contributed by atoms with Crippen LogP contribution in [0.25, 0.3) is 0 Å². The highest BCUT2D eigenvalue weighted by molar-refractivity contribution is 7.89. The summed E-state index contributed by atoms with van der Waals surface area (Å²) in [5, 5.41) is 7.33. The zero-order chi connectivity index (χ0) is 19.2. The normalized spacial score (nSPS) is 27.7. The summed E-state index contributed by atoms with van der Waals surface area (Å²) in [6, 6.07) is 0.797. The SMILES string of the molecule is Cc1noc(C)c1S(=O)(=O)NC1(C(=O)N2CCC3CCC(C2)N3)CCCC1. The van der Waals surface area contributed by atoms with Crippen molar-refractivity contribution < 1.29 is 17.7 Å². The smallest absolute Gasteiger partial charge is 0.246 e. The number of sulfonamides is 1. The van der Waals surface area contributed by atoms with Crippen molar-refractivity contribution in [2.45, 2.75) is 81.3 Å². The third-order valence-corrected chi connectivity index (χ3v) is 8.02. The predicted octanol–water partition coefficient (Wildman–Crippen LogP) is 1.24. The Balaban J connectivity index is 1.60. The number of hydrogen-bond acceptors (Lipinski definition) is 6. The highest BCUT2D eigenvalue weighted by Gasteiger charge is 2.48. The van der Waals surface area contributed by atoms with Crippen molar-refractivity contribution in [1.82, 2.24) is 20.1 Å². The molecule has 0 radical (unpaired) electrons. The van der Waals surface area contributed by atoms with E-state index in [4.69, 9.17) is 4.52 Å². The maximum atomic E-state index is 13.5. The Bertz CT molecular complexity index is 809. The summed E-state index contributed by atoms with van der Waals surface area (Å²) in [6.07, 6.45) is 5.92. The fourth-order valence-electron chi connectivity index (χ4n) is 4.93. The predicted molar refractivity (Wildman–Crippen MR) is 98.6 cm³/mol. The highest BCUT2D eigenvalue weighted by Crippen LogP contribution is 2.35. The third-order valence-electron chi connectivity index (χ3n) is 6.24. The van der Waals surface area contributed by atoms with E-state index in [-0.39, 0.29) is 16.6 Å². The van der Waals surface area contributed by atoms with Gasteiger partial charge in [-0.3, -0.25) is 4.79 Å². The van der Waals surface area contributed by atoms with Crippen LogP contribution in [0.5, 0.6) is 0 Å². The van der Waals surface area contributed by atoms with E-state index in [1.54, 1.807) is 13.8 Å². The van der Waals surface area contributed by atoms with Crippen molar-refractivity contribution in [1.29, 1.82) is 0 Å². The van der Waals surface area contributed by atoms with Gasteiger partial charge in [0.2, 0.25) is 15.9 Å². The molecule has 0 spiro atoms. The molecule has 1 saturated carbocycles. The number of rotatable bonds is 4. The quantitative estimate of drug-likeness (QED) is 0.793. The second-order valence-electron chi connectivity index (χ2n) is 8.23. The number of carbonyl (C=O) groups excluding carboxylic acids is 1. The molecule has 3 fully saturated rings. The second-order valence-corrected chi connectivity index (χ2v) is 9.84. The molecule has 2 saturated heterocycles. The van der Waals surface area contributed by atoms with E-state index in [1.165, 1.54) is 0 Å². The second kappa shape index (κ2) is 6.86.